The smallest absolute Gasteiger partial charge is 0.264 e. The zero-order valence-corrected chi connectivity index (χ0v) is 16.6. The number of halogens is 1. The number of thioether (sulfide) groups is 1. The summed E-state index contributed by atoms with van der Waals surface area (Å²) in [6, 6.07) is 14.6. The summed E-state index contributed by atoms with van der Waals surface area (Å²) in [5.74, 6) is -0.651. The zero-order chi connectivity index (χ0) is 21.0. The summed E-state index contributed by atoms with van der Waals surface area (Å²) in [4.78, 5) is 26.8. The number of nitriles is 1. The third kappa shape index (κ3) is 4.25. The molecule has 29 heavy (non-hydrogen) atoms. The average Bonchev–Trinajstić information content (AvgIpc) is 3.05. The number of hydrogen-bond donors (Lipinski definition) is 1. The number of benzene rings is 2. The lowest BCUT2D eigenvalue weighted by Gasteiger charge is -2.19. The molecule has 1 aliphatic heterocycles. The van der Waals surface area contributed by atoms with E-state index in [4.69, 9.17) is 4.74 Å². The molecule has 0 aromatic heterocycles. The largest absolute Gasteiger partial charge is 0.497 e. The van der Waals surface area contributed by atoms with Crippen LogP contribution in [0.25, 0.3) is 0 Å². The Hall–Kier alpha value is -3.31. The van der Waals surface area contributed by atoms with Crippen molar-refractivity contribution >= 4 is 29.3 Å². The van der Waals surface area contributed by atoms with Crippen LogP contribution in [0.3, 0.4) is 0 Å². The van der Waals surface area contributed by atoms with Crippen LogP contribution in [0.15, 0.2) is 59.1 Å². The zero-order valence-electron chi connectivity index (χ0n) is 15.8. The van der Waals surface area contributed by atoms with E-state index in [1.807, 2.05) is 6.07 Å². The van der Waals surface area contributed by atoms with Crippen LogP contribution in [0.1, 0.15) is 5.56 Å². The maximum Gasteiger partial charge on any atom is 0.264 e. The number of likely N-dealkylation sites (N-methyl/N-ethyl adjacent to an activating group) is 1. The van der Waals surface area contributed by atoms with Crippen LogP contribution in [-0.4, -0.2) is 31.2 Å². The Bertz CT molecular complexity index is 1010. The lowest BCUT2D eigenvalue weighted by molar-refractivity contribution is -0.117. The number of carbonyl (C=O) groups excluding carboxylic acids is 2. The molecule has 0 saturated carbocycles. The minimum absolute atomic E-state index is 0.143. The fourth-order valence-electron chi connectivity index (χ4n) is 2.93. The number of methoxy groups -OCH3 is 1. The van der Waals surface area contributed by atoms with Crippen molar-refractivity contribution in [1.82, 2.24) is 5.32 Å². The van der Waals surface area contributed by atoms with Gasteiger partial charge in [-0.25, -0.2) is 4.39 Å². The average molecular weight is 411 g/mol. The molecule has 0 bridgehead atoms. The molecule has 1 aliphatic rings. The van der Waals surface area contributed by atoms with E-state index >= 15 is 0 Å². The lowest BCUT2D eigenvalue weighted by atomic mass is 10.1. The standard InChI is InChI=1S/C21H18FN3O3S/c1-24-19(26)17(12-23)21-25(15-4-3-5-16(11-15)28-2)20(27)18(29-21)10-13-6-8-14(22)9-7-13/h3-9,11,18H,10H2,1-2H3,(H,24,26)/b21-17+/t18-/m1/s1. The molecule has 6 nitrogen and oxygen atoms in total. The number of nitrogens with zero attached hydrogens (tertiary/aromatic N) is 2. The van der Waals surface area contributed by atoms with Crippen LogP contribution < -0.4 is 15.0 Å². The van der Waals surface area contributed by atoms with Crippen LogP contribution in [0, 0.1) is 17.1 Å². The molecular weight excluding hydrogens is 393 g/mol. The fourth-order valence-corrected chi connectivity index (χ4v) is 4.24. The molecule has 0 radical (unpaired) electrons. The second-order valence-electron chi connectivity index (χ2n) is 6.18. The van der Waals surface area contributed by atoms with Gasteiger partial charge in [0.15, 0.2) is 0 Å². The third-order valence-corrected chi connectivity index (χ3v) is 5.64. The molecule has 1 fully saturated rings. The van der Waals surface area contributed by atoms with Gasteiger partial charge in [0, 0.05) is 13.1 Å². The first-order valence-electron chi connectivity index (χ1n) is 8.74. The molecule has 1 heterocycles. The maximum absolute atomic E-state index is 13.2. The number of ether oxygens (including phenoxy) is 1. The monoisotopic (exact) mass is 411 g/mol. The number of carbonyl (C=O) groups is 2. The van der Waals surface area contributed by atoms with E-state index in [1.165, 1.54) is 31.2 Å². The first-order valence-corrected chi connectivity index (χ1v) is 9.62. The Morgan fingerprint density at radius 3 is 2.66 bits per heavy atom. The summed E-state index contributed by atoms with van der Waals surface area (Å²) in [7, 11) is 2.94. The van der Waals surface area contributed by atoms with Crippen LogP contribution in [0.5, 0.6) is 5.75 Å². The van der Waals surface area contributed by atoms with Gasteiger partial charge in [-0.3, -0.25) is 14.5 Å². The highest BCUT2D eigenvalue weighted by Gasteiger charge is 2.40. The third-order valence-electron chi connectivity index (χ3n) is 4.38. The molecular formula is C21H18FN3O3S. The molecule has 2 aromatic rings. The molecule has 0 unspecified atom stereocenters. The van der Waals surface area contributed by atoms with Crippen molar-refractivity contribution in [2.24, 2.45) is 0 Å². The summed E-state index contributed by atoms with van der Waals surface area (Å²) < 4.78 is 18.4. The Kier molecular flexibility index (Phi) is 6.20. The summed E-state index contributed by atoms with van der Waals surface area (Å²) in [5, 5.41) is 11.7. The van der Waals surface area contributed by atoms with Gasteiger partial charge in [0.2, 0.25) is 5.91 Å². The quantitative estimate of drug-likeness (QED) is 0.604. The number of anilines is 1. The summed E-state index contributed by atoms with van der Waals surface area (Å²) >= 11 is 1.15. The van der Waals surface area contributed by atoms with E-state index in [9.17, 15) is 19.2 Å². The summed E-state index contributed by atoms with van der Waals surface area (Å²) in [5.41, 5.74) is 1.13. The molecule has 1 saturated heterocycles. The number of nitrogens with one attached hydrogen (secondary N) is 1. The Balaban J connectivity index is 2.05. The molecule has 148 valence electrons. The molecule has 0 spiro atoms. The van der Waals surface area contributed by atoms with Crippen LogP contribution in [-0.2, 0) is 16.0 Å². The van der Waals surface area contributed by atoms with Gasteiger partial charge in [-0.1, -0.05) is 30.0 Å². The van der Waals surface area contributed by atoms with E-state index in [0.717, 1.165) is 17.3 Å². The first kappa shape index (κ1) is 20.4. The van der Waals surface area contributed by atoms with E-state index in [1.54, 1.807) is 36.4 Å². The predicted molar refractivity (Wildman–Crippen MR) is 109 cm³/mol. The van der Waals surface area contributed by atoms with Crippen molar-refractivity contribution < 1.29 is 18.7 Å². The second kappa shape index (κ2) is 8.80. The molecule has 1 N–H and O–H groups in total. The van der Waals surface area contributed by atoms with E-state index in [2.05, 4.69) is 5.32 Å². The molecule has 8 heteroatoms. The molecule has 2 amide bonds. The van der Waals surface area contributed by atoms with Gasteiger partial charge in [0.1, 0.15) is 28.2 Å². The van der Waals surface area contributed by atoms with Gasteiger partial charge >= 0.3 is 0 Å². The van der Waals surface area contributed by atoms with Gasteiger partial charge < -0.3 is 10.1 Å². The number of amides is 2. The van der Waals surface area contributed by atoms with Crippen molar-refractivity contribution in [3.63, 3.8) is 0 Å². The highest BCUT2D eigenvalue weighted by Crippen LogP contribution is 2.42. The predicted octanol–water partition coefficient (Wildman–Crippen LogP) is 3.01. The number of rotatable bonds is 5. The molecule has 1 atom stereocenters. The lowest BCUT2D eigenvalue weighted by Crippen LogP contribution is -2.31. The Morgan fingerprint density at radius 2 is 2.03 bits per heavy atom. The van der Waals surface area contributed by atoms with E-state index < -0.39 is 11.2 Å². The van der Waals surface area contributed by atoms with Gasteiger partial charge in [-0.05, 0) is 36.2 Å². The van der Waals surface area contributed by atoms with Crippen LogP contribution in [0.4, 0.5) is 10.1 Å². The van der Waals surface area contributed by atoms with Crippen molar-refractivity contribution in [3.8, 4) is 11.8 Å². The second-order valence-corrected chi connectivity index (χ2v) is 7.37. The Labute approximate surface area is 172 Å². The van der Waals surface area contributed by atoms with Gasteiger partial charge in [0.05, 0.1) is 18.0 Å². The van der Waals surface area contributed by atoms with Crippen molar-refractivity contribution in [3.05, 3.63) is 70.5 Å². The summed E-state index contributed by atoms with van der Waals surface area (Å²) in [6.45, 7) is 0. The van der Waals surface area contributed by atoms with Gasteiger partial charge in [-0.2, -0.15) is 5.26 Å². The van der Waals surface area contributed by atoms with Gasteiger partial charge in [-0.15, -0.1) is 0 Å². The van der Waals surface area contributed by atoms with Crippen LogP contribution in [0.2, 0.25) is 0 Å². The highest BCUT2D eigenvalue weighted by atomic mass is 32.2. The van der Waals surface area contributed by atoms with Gasteiger partial charge in [0.25, 0.3) is 5.91 Å². The van der Waals surface area contributed by atoms with Crippen molar-refractivity contribution in [1.29, 1.82) is 5.26 Å². The van der Waals surface area contributed by atoms with E-state index in [-0.39, 0.29) is 22.3 Å². The fraction of sp³-hybridized carbons (Fsp3) is 0.190. The molecule has 2 aromatic carbocycles. The van der Waals surface area contributed by atoms with Crippen molar-refractivity contribution in [2.75, 3.05) is 19.1 Å². The van der Waals surface area contributed by atoms with Crippen molar-refractivity contribution in [2.45, 2.75) is 11.7 Å². The molecule has 3 rings (SSSR count). The minimum atomic E-state index is -0.571. The summed E-state index contributed by atoms with van der Waals surface area (Å²) in [6.07, 6.45) is 0.334. The molecule has 0 aliphatic carbocycles. The SMILES string of the molecule is CNC(=O)/C(C#N)=C1/S[C@H](Cc2ccc(F)cc2)C(=O)N1c1cccc(OC)c1. The minimum Gasteiger partial charge on any atom is -0.497 e. The normalized spacial score (nSPS) is 17.7. The van der Waals surface area contributed by atoms with Crippen LogP contribution >= 0.6 is 11.8 Å². The van der Waals surface area contributed by atoms with E-state index in [0.29, 0.717) is 17.9 Å². The Morgan fingerprint density at radius 1 is 1.31 bits per heavy atom. The topological polar surface area (TPSA) is 82.4 Å². The maximum atomic E-state index is 13.2. The first-order chi connectivity index (χ1) is 14.0. The highest BCUT2D eigenvalue weighted by molar-refractivity contribution is 8.05. The number of hydrogen-bond acceptors (Lipinski definition) is 5.